The summed E-state index contributed by atoms with van der Waals surface area (Å²) >= 11 is 0. The largest absolute Gasteiger partial charge is 0.394 e. The topological polar surface area (TPSA) is 600 Å². The number of carbonyl (C=O) groups excluding carboxylic acids is 10. The Bertz CT molecular complexity index is 2910. The average molecular weight is 1830 g/mol. The second-order valence-electron chi connectivity index (χ2n) is 31.7. The number of imide groups is 2. The van der Waals surface area contributed by atoms with Gasteiger partial charge in [0.2, 0.25) is 23.6 Å². The maximum absolute atomic E-state index is 14.0. The number of ketones is 1. The van der Waals surface area contributed by atoms with Crippen molar-refractivity contribution in [2.24, 2.45) is 28.9 Å². The minimum atomic E-state index is -1.23. The van der Waals surface area contributed by atoms with Crippen LogP contribution in [0.15, 0.2) is 12.2 Å². The van der Waals surface area contributed by atoms with Crippen LogP contribution in [0.3, 0.4) is 0 Å². The van der Waals surface area contributed by atoms with Gasteiger partial charge in [-0.25, -0.2) is 4.79 Å². The molecule has 5 aliphatic rings. The summed E-state index contributed by atoms with van der Waals surface area (Å²) in [5.41, 5.74) is 4.40. The smallest absolute Gasteiger partial charge is 0.335 e. The molecule has 5 aliphatic heterocycles. The van der Waals surface area contributed by atoms with Gasteiger partial charge in [-0.15, -0.1) is 5.06 Å². The first kappa shape index (κ1) is 113. The molecule has 734 valence electrons. The second-order valence-corrected chi connectivity index (χ2v) is 31.7. The van der Waals surface area contributed by atoms with Crippen LogP contribution in [0.2, 0.25) is 0 Å². The number of aliphatic hydroxyl groups is 9. The van der Waals surface area contributed by atoms with Crippen molar-refractivity contribution in [2.45, 2.75) is 223 Å². The van der Waals surface area contributed by atoms with E-state index in [9.17, 15) is 93.9 Å². The molecule has 0 aromatic rings. The number of hydroxylamine groups is 2. The zero-order valence-corrected chi connectivity index (χ0v) is 74.4. The molecule has 0 spiro atoms. The molecule has 0 bridgehead atoms. The molecule has 8 amide bonds. The molecule has 4 fully saturated rings. The van der Waals surface area contributed by atoms with Gasteiger partial charge in [0.25, 0.3) is 23.6 Å². The summed E-state index contributed by atoms with van der Waals surface area (Å²) < 4.78 is 97.0. The Morgan fingerprint density at radius 2 is 0.732 bits per heavy atom. The van der Waals surface area contributed by atoms with Gasteiger partial charge in [0, 0.05) is 126 Å². The number of amides is 8. The van der Waals surface area contributed by atoms with E-state index in [0.29, 0.717) is 44.2 Å². The Labute approximate surface area is 742 Å². The summed E-state index contributed by atoms with van der Waals surface area (Å²) in [5.74, 6) is -6.46. The van der Waals surface area contributed by atoms with Crippen molar-refractivity contribution >= 4 is 59.0 Å². The van der Waals surface area contributed by atoms with E-state index in [2.05, 4.69) is 26.1 Å². The lowest BCUT2D eigenvalue weighted by Gasteiger charge is -2.40. The highest BCUT2D eigenvalue weighted by molar-refractivity contribution is 6.13. The van der Waals surface area contributed by atoms with Crippen LogP contribution in [0.4, 0.5) is 0 Å². The third-order valence-electron chi connectivity index (χ3n) is 20.8. The Balaban J connectivity index is 0.00000155. The van der Waals surface area contributed by atoms with Crippen molar-refractivity contribution in [3.63, 3.8) is 0 Å². The molecule has 0 radical (unpaired) electrons. The molecule has 5 heterocycles. The molecule has 15 atom stereocenters. The van der Waals surface area contributed by atoms with E-state index < -0.39 is 152 Å². The minimum Gasteiger partial charge on any atom is -0.394 e. The van der Waals surface area contributed by atoms with Gasteiger partial charge in [0.15, 0.2) is 24.7 Å². The highest BCUT2D eigenvalue weighted by Crippen LogP contribution is 2.31. The fourth-order valence-electron chi connectivity index (χ4n) is 13.3. The van der Waals surface area contributed by atoms with Gasteiger partial charge in [0.05, 0.1) is 197 Å². The van der Waals surface area contributed by atoms with Crippen LogP contribution < -0.4 is 27.0 Å². The summed E-state index contributed by atoms with van der Waals surface area (Å²) in [6.45, 7) is 11.6. The van der Waals surface area contributed by atoms with E-state index in [1.54, 1.807) is 34.6 Å². The van der Waals surface area contributed by atoms with E-state index in [4.69, 9.17) is 86.3 Å². The zero-order valence-electron chi connectivity index (χ0n) is 74.4. The number of nitrogens with zero attached hydrogens (tertiary/aromatic N) is 2. The Hall–Kier alpha value is -6.04. The quantitative estimate of drug-likeness (QED) is 0.0160. The average Bonchev–Trinajstić information content (AvgIpc) is 1.70. The van der Waals surface area contributed by atoms with Gasteiger partial charge < -0.3 is 158 Å². The molecule has 0 aliphatic carbocycles. The van der Waals surface area contributed by atoms with Gasteiger partial charge in [-0.1, -0.05) is 59.3 Å². The number of ether oxygens (including phenoxy) is 17. The number of nitrogens with two attached hydrogens (primary N) is 1. The van der Waals surface area contributed by atoms with Gasteiger partial charge >= 0.3 is 5.97 Å². The number of carbonyl (C=O) groups is 10. The van der Waals surface area contributed by atoms with Crippen LogP contribution in [0.5, 0.6) is 0 Å². The molecule has 44 nitrogen and oxygen atoms in total. The third-order valence-corrected chi connectivity index (χ3v) is 20.8. The molecule has 0 saturated carbocycles. The van der Waals surface area contributed by atoms with Gasteiger partial charge in [-0.2, -0.15) is 0 Å². The molecule has 15 N–H and O–H groups in total. The Morgan fingerprint density at radius 1 is 0.409 bits per heavy atom. The molecule has 0 aromatic carbocycles. The number of aliphatic hydroxyl groups excluding tert-OH is 9. The first-order valence-electron chi connectivity index (χ1n) is 44.1. The fourth-order valence-corrected chi connectivity index (χ4v) is 13.3. The summed E-state index contributed by atoms with van der Waals surface area (Å²) in [6.07, 6.45) is -3.02. The molecular weight excluding hydrogens is 1690 g/mol. The Kier molecular flexibility index (Phi) is 59.2. The summed E-state index contributed by atoms with van der Waals surface area (Å²) in [7, 11) is 0. The maximum atomic E-state index is 14.0. The summed E-state index contributed by atoms with van der Waals surface area (Å²) in [5, 5.41) is 101. The number of hydrogen-bond acceptors (Lipinski definition) is 38. The van der Waals surface area contributed by atoms with Crippen molar-refractivity contribution in [1.82, 2.24) is 31.2 Å². The van der Waals surface area contributed by atoms with Crippen molar-refractivity contribution < 1.29 is 179 Å². The molecule has 127 heavy (non-hydrogen) atoms. The van der Waals surface area contributed by atoms with Crippen molar-refractivity contribution in [3.8, 4) is 0 Å². The highest BCUT2D eigenvalue weighted by atomic mass is 16.7. The van der Waals surface area contributed by atoms with Crippen molar-refractivity contribution in [2.75, 3.05) is 211 Å². The van der Waals surface area contributed by atoms with Crippen LogP contribution in [0, 0.1) is 23.2 Å². The van der Waals surface area contributed by atoms with Crippen LogP contribution in [-0.2, 0) is 133 Å². The summed E-state index contributed by atoms with van der Waals surface area (Å²) in [6, 6.07) is 0. The number of nitrogens with one attached hydrogen (secondary N) is 4. The minimum absolute atomic E-state index is 0.0130. The van der Waals surface area contributed by atoms with Gasteiger partial charge in [-0.05, 0) is 26.7 Å². The Morgan fingerprint density at radius 3 is 1.09 bits per heavy atom. The predicted octanol–water partition coefficient (Wildman–Crippen LogP) is -3.47. The van der Waals surface area contributed by atoms with Gasteiger partial charge in [-0.3, -0.25) is 48.1 Å². The van der Waals surface area contributed by atoms with Crippen molar-refractivity contribution in [1.29, 1.82) is 0 Å². The van der Waals surface area contributed by atoms with E-state index in [1.165, 1.54) is 0 Å². The highest BCUT2D eigenvalue weighted by Gasteiger charge is 2.46. The monoisotopic (exact) mass is 1830 g/mol. The number of Topliss-reactive ketones (excluding diaryl/α,β-unsaturated/α-hetero) is 1. The first-order chi connectivity index (χ1) is 61.0. The molecule has 5 rings (SSSR count). The van der Waals surface area contributed by atoms with Crippen molar-refractivity contribution in [3.05, 3.63) is 12.2 Å². The lowest BCUT2D eigenvalue weighted by molar-refractivity contribution is -0.284. The number of rotatable bonds is 72. The maximum Gasteiger partial charge on any atom is 0.335 e. The van der Waals surface area contributed by atoms with Gasteiger partial charge in [0.1, 0.15) is 42.4 Å². The molecule has 0 aromatic heterocycles. The predicted molar refractivity (Wildman–Crippen MR) is 443 cm³/mol. The van der Waals surface area contributed by atoms with E-state index in [-0.39, 0.29) is 246 Å². The standard InChI is InChI=1S/C72H135N5O31.C11H10N2O6/c1-51-62(86)65(89)55(45-78)106-68(51)101-41-38-95-35-32-92-28-20-74-59(83)16-24-98-48-72(44-54(81)14-12-10-8-6-7-9-11-13-15-58(82)77-23-31-105-71(4,5)104-27-19-73,49-99-25-17-60(84)75-21-29-93-33-36-96-39-42-102-69-52(2)63(87)66(90)56(46-79)107-69)50-100-26-18-61(85)76-22-30-94-34-37-97-40-43-103-70-53(3)64(88)67(91)57(47-80)108-70;14-7-1-2-8(15)12(7)6-5-11(18)19-13-9(16)3-4-10(13)17/h51-53,55-57,62-70,78-80,86-91H,6-50,73H2,1-5H3,(H,74,83)(H,75,84)(H,76,85)(H,77,82);1-2H,3-6H2. The third kappa shape index (κ3) is 46.7. The van der Waals surface area contributed by atoms with Crippen LogP contribution in [0.25, 0.3) is 0 Å². The normalized spacial score (nSPS) is 24.2. The molecule has 15 unspecified atom stereocenters. The number of unbranched alkanes of at least 4 members (excludes halogenated alkanes) is 7. The lowest BCUT2D eigenvalue weighted by atomic mass is 9.84. The first-order valence-corrected chi connectivity index (χ1v) is 44.1. The second kappa shape index (κ2) is 66.3. The van der Waals surface area contributed by atoms with E-state index in [1.807, 2.05) is 0 Å². The molecule has 4 saturated heterocycles. The van der Waals surface area contributed by atoms with E-state index >= 15 is 0 Å². The van der Waals surface area contributed by atoms with Crippen LogP contribution in [-0.4, -0.2) is 406 Å². The van der Waals surface area contributed by atoms with E-state index in [0.717, 1.165) is 62.0 Å². The SMILES string of the molecule is CC1C(OCCOCCOCCNC(=O)CCOCC(COCCC(=O)NCCOCCOCCOC2OC(CO)C(O)C(O)C2C)(COCCC(=O)NCCOCCOCCOC2OC(CO)C(O)C(O)C2C)CC(=O)CCCCCCCCCCC(=O)NCCOC(C)(C)OCCN)OC(CO)C(O)C1O.O=C(CCN1C(=O)C=CC1=O)ON1C(=O)CCC1=O. The zero-order chi connectivity index (χ0) is 93.2. The molecular formula is C83H145N7O37. The summed E-state index contributed by atoms with van der Waals surface area (Å²) in [4.78, 5) is 127. The molecule has 44 heteroatoms. The van der Waals surface area contributed by atoms with Crippen LogP contribution in [0.1, 0.15) is 144 Å². The van der Waals surface area contributed by atoms with Crippen LogP contribution >= 0.6 is 0 Å². The fraction of sp³-hybridized carbons (Fsp3) is 0.855. The lowest BCUT2D eigenvalue weighted by Crippen LogP contribution is -2.55. The number of hydrogen-bond donors (Lipinski definition) is 14.